The smallest absolute Gasteiger partial charge is 0.412 e. The van der Waals surface area contributed by atoms with Crippen molar-refractivity contribution in [2.45, 2.75) is 12.5 Å². The summed E-state index contributed by atoms with van der Waals surface area (Å²) in [5, 5.41) is 2.07. The maximum Gasteiger partial charge on any atom is 0.412 e. The molecule has 0 heterocycles. The molecule has 1 atom stereocenters. The zero-order valence-electron chi connectivity index (χ0n) is 11.8. The summed E-state index contributed by atoms with van der Waals surface area (Å²) in [6.45, 7) is 0. The molecule has 0 aliphatic heterocycles. The van der Waals surface area contributed by atoms with E-state index in [-0.39, 0.29) is 5.02 Å². The van der Waals surface area contributed by atoms with Crippen LogP contribution in [0.1, 0.15) is 18.1 Å². The van der Waals surface area contributed by atoms with E-state index < -0.39 is 35.8 Å². The Morgan fingerprint density at radius 1 is 1.22 bits per heavy atom. The highest BCUT2D eigenvalue weighted by molar-refractivity contribution is 6.30. The molecule has 7 heteroatoms. The van der Waals surface area contributed by atoms with Crippen molar-refractivity contribution in [3.05, 3.63) is 64.7 Å². The third kappa shape index (κ3) is 4.26. The maximum atomic E-state index is 14.0. The van der Waals surface area contributed by atoms with Crippen molar-refractivity contribution in [3.63, 3.8) is 0 Å². The summed E-state index contributed by atoms with van der Waals surface area (Å²) in [6.07, 6.45) is -2.37. The van der Waals surface area contributed by atoms with Crippen molar-refractivity contribution < 1.29 is 23.1 Å². The lowest BCUT2D eigenvalue weighted by Gasteiger charge is -2.18. The molecule has 4 nitrogen and oxygen atoms in total. The molecule has 2 aromatic carbocycles. The van der Waals surface area contributed by atoms with Gasteiger partial charge < -0.3 is 9.53 Å². The van der Waals surface area contributed by atoms with E-state index in [1.165, 1.54) is 0 Å². The summed E-state index contributed by atoms with van der Waals surface area (Å²) in [4.78, 5) is 22.6. The van der Waals surface area contributed by atoms with Gasteiger partial charge >= 0.3 is 6.09 Å². The molecule has 0 fully saturated rings. The molecule has 2 aromatic rings. The van der Waals surface area contributed by atoms with Crippen LogP contribution in [0.15, 0.2) is 42.5 Å². The van der Waals surface area contributed by atoms with E-state index in [1.807, 2.05) is 0 Å². The van der Waals surface area contributed by atoms with Gasteiger partial charge in [-0.25, -0.2) is 13.6 Å². The summed E-state index contributed by atoms with van der Waals surface area (Å²) in [5.41, 5.74) is -0.123. The second-order valence-electron chi connectivity index (χ2n) is 4.54. The van der Waals surface area contributed by atoms with Crippen molar-refractivity contribution in [1.82, 2.24) is 0 Å². The average Bonchev–Trinajstić information content (AvgIpc) is 2.52. The Hall–Kier alpha value is -2.47. The highest BCUT2D eigenvalue weighted by Gasteiger charge is 2.25. The summed E-state index contributed by atoms with van der Waals surface area (Å²) in [7, 11) is 0. The molecule has 1 unspecified atom stereocenters. The minimum atomic E-state index is -1.42. The van der Waals surface area contributed by atoms with Gasteiger partial charge in [0.15, 0.2) is 5.82 Å². The number of hydrogen-bond donors (Lipinski definition) is 1. The highest BCUT2D eigenvalue weighted by Crippen LogP contribution is 2.30. The molecule has 0 spiro atoms. The molecule has 1 N–H and O–H groups in total. The number of aldehydes is 1. The lowest BCUT2D eigenvalue weighted by atomic mass is 10.1. The second-order valence-corrected chi connectivity index (χ2v) is 4.95. The third-order valence-corrected chi connectivity index (χ3v) is 3.27. The van der Waals surface area contributed by atoms with Crippen molar-refractivity contribution >= 4 is 29.7 Å². The monoisotopic (exact) mass is 339 g/mol. The average molecular weight is 340 g/mol. The van der Waals surface area contributed by atoms with Gasteiger partial charge in [-0.3, -0.25) is 5.32 Å². The number of carbonyl (C=O) groups excluding carboxylic acids is 2. The van der Waals surface area contributed by atoms with E-state index in [0.29, 0.717) is 12.0 Å². The van der Waals surface area contributed by atoms with Crippen LogP contribution in [0.4, 0.5) is 19.3 Å². The molecular weight excluding hydrogens is 328 g/mol. The molecular formula is C16H12ClF2NO3. The van der Waals surface area contributed by atoms with Crippen molar-refractivity contribution in [3.8, 4) is 0 Å². The van der Waals surface area contributed by atoms with Gasteiger partial charge in [0, 0.05) is 12.1 Å². The molecule has 23 heavy (non-hydrogen) atoms. The first-order valence-corrected chi connectivity index (χ1v) is 7.00. The van der Waals surface area contributed by atoms with E-state index in [0.717, 1.165) is 12.1 Å². The Morgan fingerprint density at radius 3 is 2.57 bits per heavy atom. The molecule has 120 valence electrons. The quantitative estimate of drug-likeness (QED) is 0.644. The standard InChI is InChI=1S/C16H12ClF2NO3/c17-11-6-7-12(18)14(15(11)19)13(8-9-21)23-16(22)20-10-4-2-1-3-5-10/h1-7,9,13H,8H2,(H,20,22). The lowest BCUT2D eigenvalue weighted by Crippen LogP contribution is -2.19. The van der Waals surface area contributed by atoms with E-state index in [4.69, 9.17) is 16.3 Å². The van der Waals surface area contributed by atoms with Crippen molar-refractivity contribution in [2.24, 2.45) is 0 Å². The molecule has 0 radical (unpaired) electrons. The molecule has 2 rings (SSSR count). The fourth-order valence-electron chi connectivity index (χ4n) is 1.95. The molecule has 0 aromatic heterocycles. The van der Waals surface area contributed by atoms with E-state index in [1.54, 1.807) is 30.3 Å². The third-order valence-electron chi connectivity index (χ3n) is 2.98. The van der Waals surface area contributed by atoms with Gasteiger partial charge in [-0.15, -0.1) is 0 Å². The Morgan fingerprint density at radius 2 is 1.91 bits per heavy atom. The van der Waals surface area contributed by atoms with Gasteiger partial charge in [0.25, 0.3) is 0 Å². The number of benzene rings is 2. The Bertz CT molecular complexity index is 710. The van der Waals surface area contributed by atoms with Gasteiger partial charge in [0.1, 0.15) is 18.2 Å². The number of para-hydroxylation sites is 1. The molecule has 0 saturated carbocycles. The van der Waals surface area contributed by atoms with E-state index >= 15 is 0 Å². The zero-order chi connectivity index (χ0) is 16.8. The fourth-order valence-corrected chi connectivity index (χ4v) is 2.11. The van der Waals surface area contributed by atoms with Gasteiger partial charge in [0.05, 0.1) is 10.6 Å². The number of nitrogens with one attached hydrogen (secondary N) is 1. The van der Waals surface area contributed by atoms with Crippen LogP contribution in [0.3, 0.4) is 0 Å². The number of anilines is 1. The summed E-state index contributed by atoms with van der Waals surface area (Å²) >= 11 is 5.61. The van der Waals surface area contributed by atoms with Crippen LogP contribution in [0.2, 0.25) is 5.02 Å². The summed E-state index contributed by atoms with van der Waals surface area (Å²) in [6, 6.07) is 10.3. The summed E-state index contributed by atoms with van der Waals surface area (Å²) < 4.78 is 32.8. The van der Waals surface area contributed by atoms with Gasteiger partial charge in [-0.1, -0.05) is 29.8 Å². The summed E-state index contributed by atoms with van der Waals surface area (Å²) in [5.74, 6) is -2.02. The number of amides is 1. The first-order valence-electron chi connectivity index (χ1n) is 6.62. The number of ether oxygens (including phenoxy) is 1. The topological polar surface area (TPSA) is 55.4 Å². The second kappa shape index (κ2) is 7.69. The minimum Gasteiger partial charge on any atom is -0.440 e. The van der Waals surface area contributed by atoms with Crippen molar-refractivity contribution in [2.75, 3.05) is 5.32 Å². The number of hydrogen-bond acceptors (Lipinski definition) is 3. The van der Waals surface area contributed by atoms with Crippen LogP contribution < -0.4 is 5.32 Å². The van der Waals surface area contributed by atoms with Crippen LogP contribution in [0.5, 0.6) is 0 Å². The first kappa shape index (κ1) is 16.9. The van der Waals surface area contributed by atoms with E-state index in [9.17, 15) is 18.4 Å². The number of carbonyl (C=O) groups is 2. The number of rotatable bonds is 5. The first-order chi connectivity index (χ1) is 11.0. The van der Waals surface area contributed by atoms with Gasteiger partial charge in [0.2, 0.25) is 0 Å². The maximum absolute atomic E-state index is 14.0. The lowest BCUT2D eigenvalue weighted by molar-refractivity contribution is -0.109. The molecule has 0 aliphatic carbocycles. The Balaban J connectivity index is 2.21. The molecule has 0 bridgehead atoms. The Kier molecular flexibility index (Phi) is 5.65. The molecule has 0 saturated heterocycles. The highest BCUT2D eigenvalue weighted by atomic mass is 35.5. The van der Waals surface area contributed by atoms with Crippen molar-refractivity contribution in [1.29, 1.82) is 0 Å². The fraction of sp³-hybridized carbons (Fsp3) is 0.125. The van der Waals surface area contributed by atoms with Crippen LogP contribution in [0, 0.1) is 11.6 Å². The van der Waals surface area contributed by atoms with Crippen LogP contribution in [-0.2, 0) is 9.53 Å². The SMILES string of the molecule is O=CCC(OC(=O)Nc1ccccc1)c1c(F)ccc(Cl)c1F. The largest absolute Gasteiger partial charge is 0.440 e. The molecule has 0 aliphatic rings. The Labute approximate surface area is 136 Å². The minimum absolute atomic E-state index is 0.329. The normalized spacial score (nSPS) is 11.6. The van der Waals surface area contributed by atoms with Crippen LogP contribution in [-0.4, -0.2) is 12.4 Å². The number of halogens is 3. The van der Waals surface area contributed by atoms with E-state index in [2.05, 4.69) is 5.32 Å². The van der Waals surface area contributed by atoms with Crippen LogP contribution in [0.25, 0.3) is 0 Å². The van der Waals surface area contributed by atoms with Gasteiger partial charge in [-0.05, 0) is 24.3 Å². The zero-order valence-corrected chi connectivity index (χ0v) is 12.5. The predicted octanol–water partition coefficient (Wildman–Crippen LogP) is 4.50. The van der Waals surface area contributed by atoms with Crippen LogP contribution >= 0.6 is 11.6 Å². The molecule has 1 amide bonds. The van der Waals surface area contributed by atoms with Gasteiger partial charge in [-0.2, -0.15) is 0 Å². The predicted molar refractivity (Wildman–Crippen MR) is 81.3 cm³/mol.